The number of phenols is 1. The van der Waals surface area contributed by atoms with Gasteiger partial charge in [-0.25, -0.2) is 8.42 Å². The van der Waals surface area contributed by atoms with E-state index in [-0.39, 0.29) is 15.6 Å². The summed E-state index contributed by atoms with van der Waals surface area (Å²) in [4.78, 5) is 0.314. The van der Waals surface area contributed by atoms with Crippen LogP contribution in [0.3, 0.4) is 0 Å². The van der Waals surface area contributed by atoms with Crippen molar-refractivity contribution in [3.8, 4) is 11.5 Å². The first-order valence-electron chi connectivity index (χ1n) is 7.27. The zero-order valence-electron chi connectivity index (χ0n) is 13.2. The number of ether oxygens (including phenoxy) is 1. The van der Waals surface area contributed by atoms with Gasteiger partial charge < -0.3 is 9.84 Å². The van der Waals surface area contributed by atoms with Crippen LogP contribution in [-0.2, 0) is 9.84 Å². The monoisotopic (exact) mass is 330 g/mol. The third-order valence-corrected chi connectivity index (χ3v) is 6.08. The zero-order chi connectivity index (χ0) is 16.8. The van der Waals surface area contributed by atoms with Gasteiger partial charge >= 0.3 is 0 Å². The van der Waals surface area contributed by atoms with Crippen LogP contribution in [-0.4, -0.2) is 19.1 Å². The maximum Gasteiger partial charge on any atom is 0.207 e. The Morgan fingerprint density at radius 2 is 1.74 bits per heavy atom. The first-order valence-corrected chi connectivity index (χ1v) is 8.76. The molecule has 0 saturated heterocycles. The minimum Gasteiger partial charge on any atom is -0.508 e. The average Bonchev–Trinajstić information content (AvgIpc) is 2.48. The second-order valence-corrected chi connectivity index (χ2v) is 7.95. The summed E-state index contributed by atoms with van der Waals surface area (Å²) < 4.78 is 32.3. The Morgan fingerprint density at radius 1 is 1.04 bits per heavy atom. The second-order valence-electron chi connectivity index (χ2n) is 6.06. The van der Waals surface area contributed by atoms with E-state index in [4.69, 9.17) is 4.74 Å². The molecule has 5 heteroatoms. The molecule has 23 heavy (non-hydrogen) atoms. The summed E-state index contributed by atoms with van der Waals surface area (Å²) in [7, 11) is -3.78. The first-order chi connectivity index (χ1) is 10.7. The molecule has 2 aromatic rings. The third kappa shape index (κ3) is 2.51. The number of aromatic hydroxyl groups is 1. The summed E-state index contributed by atoms with van der Waals surface area (Å²) in [5.74, 6) is 0.464. The molecule has 0 bridgehead atoms. The van der Waals surface area contributed by atoms with Crippen LogP contribution >= 0.6 is 0 Å². The minimum atomic E-state index is -3.78. The number of rotatable bonds is 2. The Hall–Kier alpha value is -2.27. The van der Waals surface area contributed by atoms with Crippen LogP contribution in [0.5, 0.6) is 11.5 Å². The molecule has 0 aliphatic carbocycles. The van der Waals surface area contributed by atoms with Gasteiger partial charge in [0.25, 0.3) is 0 Å². The Labute approximate surface area is 136 Å². The predicted molar refractivity (Wildman–Crippen MR) is 89.0 cm³/mol. The van der Waals surface area contributed by atoms with Gasteiger partial charge in [0, 0.05) is 5.56 Å². The average molecular weight is 330 g/mol. The Morgan fingerprint density at radius 3 is 2.43 bits per heavy atom. The highest BCUT2D eigenvalue weighted by Gasteiger charge is 2.38. The summed E-state index contributed by atoms with van der Waals surface area (Å²) in [6.07, 6.45) is 0. The number of phenolic OH excluding ortho intramolecular Hbond substituents is 1. The fraction of sp³-hybridized carbons (Fsp3) is 0.222. The van der Waals surface area contributed by atoms with Crippen molar-refractivity contribution in [3.63, 3.8) is 0 Å². The normalized spacial score (nSPS) is 16.7. The van der Waals surface area contributed by atoms with E-state index in [1.54, 1.807) is 25.1 Å². The van der Waals surface area contributed by atoms with Gasteiger partial charge in [-0.05, 0) is 56.7 Å². The van der Waals surface area contributed by atoms with Gasteiger partial charge in [-0.3, -0.25) is 0 Å². The lowest BCUT2D eigenvalue weighted by molar-refractivity contribution is 0.145. The highest BCUT2D eigenvalue weighted by molar-refractivity contribution is 8.00. The van der Waals surface area contributed by atoms with E-state index in [1.165, 1.54) is 24.3 Å². The van der Waals surface area contributed by atoms with Crippen LogP contribution in [0.1, 0.15) is 26.3 Å². The molecule has 4 nitrogen and oxygen atoms in total. The predicted octanol–water partition coefficient (Wildman–Crippen LogP) is 3.77. The van der Waals surface area contributed by atoms with Crippen molar-refractivity contribution in [2.24, 2.45) is 0 Å². The van der Waals surface area contributed by atoms with E-state index in [9.17, 15) is 13.5 Å². The highest BCUT2D eigenvalue weighted by atomic mass is 32.2. The maximum atomic E-state index is 13.2. The van der Waals surface area contributed by atoms with Gasteiger partial charge in [0.05, 0.1) is 9.80 Å². The largest absolute Gasteiger partial charge is 0.508 e. The van der Waals surface area contributed by atoms with Gasteiger partial charge in [0.15, 0.2) is 0 Å². The third-order valence-electron chi connectivity index (χ3n) is 4.14. The van der Waals surface area contributed by atoms with Gasteiger partial charge in [0.1, 0.15) is 17.1 Å². The molecule has 2 aromatic carbocycles. The molecule has 120 valence electrons. The highest BCUT2D eigenvalue weighted by Crippen LogP contribution is 2.44. The molecule has 0 spiro atoms. The molecule has 1 aliphatic rings. The van der Waals surface area contributed by atoms with Crippen molar-refractivity contribution in [1.82, 2.24) is 0 Å². The molecular formula is C18H18O4S. The van der Waals surface area contributed by atoms with Crippen molar-refractivity contribution in [1.29, 1.82) is 0 Å². The quantitative estimate of drug-likeness (QED) is 0.910. The summed E-state index contributed by atoms with van der Waals surface area (Å²) in [6.45, 7) is 5.46. The number of benzene rings is 2. The van der Waals surface area contributed by atoms with Crippen LogP contribution < -0.4 is 4.74 Å². The SMILES string of the molecule is CC1=C(S(=O)(=O)c2cccc(O)c2)c2ccccc2OC1(C)C. The van der Waals surface area contributed by atoms with E-state index in [2.05, 4.69) is 0 Å². The van der Waals surface area contributed by atoms with Crippen LogP contribution in [0, 0.1) is 0 Å². The Kier molecular flexibility index (Phi) is 3.48. The van der Waals surface area contributed by atoms with Gasteiger partial charge in [0.2, 0.25) is 9.84 Å². The van der Waals surface area contributed by atoms with Gasteiger partial charge in [-0.2, -0.15) is 0 Å². The summed E-state index contributed by atoms with van der Waals surface area (Å²) >= 11 is 0. The number of hydrogen-bond acceptors (Lipinski definition) is 4. The molecule has 0 aromatic heterocycles. The molecule has 3 rings (SSSR count). The molecular weight excluding hydrogens is 312 g/mol. The van der Waals surface area contributed by atoms with E-state index < -0.39 is 15.4 Å². The molecule has 0 radical (unpaired) electrons. The van der Waals surface area contributed by atoms with Gasteiger partial charge in [-0.1, -0.05) is 18.2 Å². The lowest BCUT2D eigenvalue weighted by atomic mass is 9.93. The van der Waals surface area contributed by atoms with Crippen LogP contribution in [0.4, 0.5) is 0 Å². The number of sulfone groups is 1. The smallest absolute Gasteiger partial charge is 0.207 e. The molecule has 1 heterocycles. The fourth-order valence-corrected chi connectivity index (χ4v) is 4.56. The van der Waals surface area contributed by atoms with Crippen LogP contribution in [0.25, 0.3) is 4.91 Å². The number of hydrogen-bond donors (Lipinski definition) is 1. The van der Waals surface area contributed by atoms with Gasteiger partial charge in [-0.15, -0.1) is 0 Å². The van der Waals surface area contributed by atoms with E-state index in [0.717, 1.165) is 0 Å². The molecule has 0 unspecified atom stereocenters. The molecule has 1 N–H and O–H groups in total. The topological polar surface area (TPSA) is 63.6 Å². The lowest BCUT2D eigenvalue weighted by Crippen LogP contribution is -2.34. The molecule has 0 fully saturated rings. The molecule has 0 atom stereocenters. The van der Waals surface area contributed by atoms with Crippen LogP contribution in [0.15, 0.2) is 59.0 Å². The van der Waals surface area contributed by atoms with Crippen molar-refractivity contribution < 1.29 is 18.3 Å². The first kappa shape index (κ1) is 15.6. The van der Waals surface area contributed by atoms with Crippen molar-refractivity contribution in [3.05, 3.63) is 59.7 Å². The molecule has 0 saturated carbocycles. The summed E-state index contributed by atoms with van der Waals surface area (Å²) in [5.41, 5.74) is 0.459. The van der Waals surface area contributed by atoms with Crippen molar-refractivity contribution in [2.45, 2.75) is 31.3 Å². The van der Waals surface area contributed by atoms with Crippen molar-refractivity contribution >= 4 is 14.7 Å². The summed E-state index contributed by atoms with van der Waals surface area (Å²) in [5, 5.41) is 9.63. The van der Waals surface area contributed by atoms with E-state index >= 15 is 0 Å². The Bertz CT molecular complexity index is 908. The lowest BCUT2D eigenvalue weighted by Gasteiger charge is -2.35. The molecule has 0 amide bonds. The standard InChI is InChI=1S/C18H18O4S/c1-12-17(23(20,21)14-8-6-7-13(19)11-14)15-9-4-5-10-16(15)22-18(12,2)3/h4-11,19H,1-3H3. The molecule has 1 aliphatic heterocycles. The number of fused-ring (bicyclic) bond motifs is 1. The van der Waals surface area contributed by atoms with Crippen LogP contribution in [0.2, 0.25) is 0 Å². The zero-order valence-corrected chi connectivity index (χ0v) is 14.0. The second kappa shape index (κ2) is 5.13. The minimum absolute atomic E-state index is 0.0688. The van der Waals surface area contributed by atoms with E-state index in [1.807, 2.05) is 19.9 Å². The number of para-hydroxylation sites is 1. The Balaban J connectivity index is 2.31. The van der Waals surface area contributed by atoms with Crippen molar-refractivity contribution in [2.75, 3.05) is 0 Å². The summed E-state index contributed by atoms with van der Waals surface area (Å²) in [6, 6.07) is 12.8. The maximum absolute atomic E-state index is 13.2. The fourth-order valence-electron chi connectivity index (χ4n) is 2.68. The van der Waals surface area contributed by atoms with E-state index in [0.29, 0.717) is 16.9 Å².